The van der Waals surface area contributed by atoms with Crippen molar-refractivity contribution in [1.29, 1.82) is 0 Å². The lowest BCUT2D eigenvalue weighted by molar-refractivity contribution is 0.121. The summed E-state index contributed by atoms with van der Waals surface area (Å²) in [5.74, 6) is 0. The molecule has 15 heavy (non-hydrogen) atoms. The third kappa shape index (κ3) is 2.43. The molecular weight excluding hydrogens is 184 g/mol. The quantitative estimate of drug-likeness (QED) is 0.701. The lowest BCUT2D eigenvalue weighted by atomic mass is 9.83. The number of hydrogen-bond acceptors (Lipinski definition) is 2. The van der Waals surface area contributed by atoms with Gasteiger partial charge in [0.15, 0.2) is 0 Å². The fourth-order valence-corrected chi connectivity index (χ4v) is 3.01. The van der Waals surface area contributed by atoms with Gasteiger partial charge < -0.3 is 10.2 Å². The van der Waals surface area contributed by atoms with Crippen molar-refractivity contribution in [3.63, 3.8) is 0 Å². The molecule has 0 aliphatic heterocycles. The molecule has 0 spiro atoms. The number of nitrogens with one attached hydrogen (secondary N) is 1. The number of rotatable bonds is 5. The van der Waals surface area contributed by atoms with Crippen LogP contribution in [0.4, 0.5) is 0 Å². The van der Waals surface area contributed by atoms with Gasteiger partial charge in [0.25, 0.3) is 0 Å². The predicted molar refractivity (Wildman–Crippen MR) is 67.2 cm³/mol. The molecule has 2 nitrogen and oxygen atoms in total. The van der Waals surface area contributed by atoms with E-state index in [1.165, 1.54) is 31.3 Å². The molecule has 1 N–H and O–H groups in total. The maximum atomic E-state index is 4.16. The van der Waals surface area contributed by atoms with Crippen LogP contribution in [-0.2, 0) is 0 Å². The number of nitrogens with zero attached hydrogens (tertiary/aromatic N) is 1. The van der Waals surface area contributed by atoms with Gasteiger partial charge in [-0.15, -0.1) is 0 Å². The largest absolute Gasteiger partial charge is 0.309 e. The molecule has 1 fully saturated rings. The summed E-state index contributed by atoms with van der Waals surface area (Å²) in [6.45, 7) is 9.50. The second-order valence-electron chi connectivity index (χ2n) is 5.04. The Morgan fingerprint density at radius 3 is 2.27 bits per heavy atom. The molecule has 1 rings (SSSR count). The molecule has 2 heteroatoms. The lowest BCUT2D eigenvalue weighted by Crippen LogP contribution is -2.57. The van der Waals surface area contributed by atoms with E-state index in [0.717, 1.165) is 6.54 Å². The third-order valence-electron chi connectivity index (χ3n) is 3.80. The highest BCUT2D eigenvalue weighted by Crippen LogP contribution is 2.38. The van der Waals surface area contributed by atoms with E-state index in [0.29, 0.717) is 11.6 Å². The average molecular weight is 210 g/mol. The summed E-state index contributed by atoms with van der Waals surface area (Å²) in [6, 6.07) is 0.444. The Morgan fingerprint density at radius 1 is 1.40 bits per heavy atom. The molecule has 0 saturated heterocycles. The summed E-state index contributed by atoms with van der Waals surface area (Å²) in [5, 5.41) is 3.60. The summed E-state index contributed by atoms with van der Waals surface area (Å²) in [4.78, 5) is 2.40. The van der Waals surface area contributed by atoms with Gasteiger partial charge in [-0.3, -0.25) is 0 Å². The minimum Gasteiger partial charge on any atom is -0.309 e. The van der Waals surface area contributed by atoms with Crippen LogP contribution in [0.15, 0.2) is 12.2 Å². The molecule has 1 aliphatic rings. The highest BCUT2D eigenvalue weighted by Gasteiger charge is 2.42. The predicted octanol–water partition coefficient (Wildman–Crippen LogP) is 2.42. The van der Waals surface area contributed by atoms with Gasteiger partial charge in [0.1, 0.15) is 0 Å². The highest BCUT2D eigenvalue weighted by molar-refractivity contribution is 5.16. The average Bonchev–Trinajstić information content (AvgIpc) is 2.63. The van der Waals surface area contributed by atoms with Gasteiger partial charge in [0.05, 0.1) is 0 Å². The SMILES string of the molecule is C=C(C)C(NCC)C1(N(C)C)CCCC1. The molecule has 1 saturated carbocycles. The smallest absolute Gasteiger partial charge is 0.0460 e. The zero-order chi connectivity index (χ0) is 11.5. The van der Waals surface area contributed by atoms with Crippen molar-refractivity contribution < 1.29 is 0 Å². The lowest BCUT2D eigenvalue weighted by Gasteiger charge is -2.44. The van der Waals surface area contributed by atoms with E-state index in [-0.39, 0.29) is 0 Å². The monoisotopic (exact) mass is 210 g/mol. The fourth-order valence-electron chi connectivity index (χ4n) is 3.01. The van der Waals surface area contributed by atoms with Crippen LogP contribution in [0.2, 0.25) is 0 Å². The van der Waals surface area contributed by atoms with Crippen molar-refractivity contribution >= 4 is 0 Å². The Balaban J connectivity index is 2.89. The van der Waals surface area contributed by atoms with Crippen LogP contribution in [0.25, 0.3) is 0 Å². The maximum Gasteiger partial charge on any atom is 0.0460 e. The van der Waals surface area contributed by atoms with Crippen molar-refractivity contribution in [2.24, 2.45) is 0 Å². The minimum absolute atomic E-state index is 0.307. The Morgan fingerprint density at radius 2 is 1.93 bits per heavy atom. The Hall–Kier alpha value is -0.340. The van der Waals surface area contributed by atoms with Crippen LogP contribution in [-0.4, -0.2) is 37.1 Å². The zero-order valence-electron chi connectivity index (χ0n) is 10.8. The number of likely N-dealkylation sites (N-methyl/N-ethyl adjacent to an activating group) is 2. The first-order valence-electron chi connectivity index (χ1n) is 6.11. The summed E-state index contributed by atoms with van der Waals surface area (Å²) in [6.07, 6.45) is 5.30. The van der Waals surface area contributed by atoms with Crippen molar-refractivity contribution in [3.05, 3.63) is 12.2 Å². The van der Waals surface area contributed by atoms with E-state index < -0.39 is 0 Å². The summed E-state index contributed by atoms with van der Waals surface area (Å²) in [5.41, 5.74) is 1.58. The summed E-state index contributed by atoms with van der Waals surface area (Å²) >= 11 is 0. The van der Waals surface area contributed by atoms with Crippen molar-refractivity contribution in [2.75, 3.05) is 20.6 Å². The molecule has 0 radical (unpaired) electrons. The van der Waals surface area contributed by atoms with Crippen molar-refractivity contribution in [2.45, 2.75) is 51.1 Å². The second-order valence-corrected chi connectivity index (χ2v) is 5.04. The van der Waals surface area contributed by atoms with E-state index in [9.17, 15) is 0 Å². The van der Waals surface area contributed by atoms with Crippen LogP contribution in [0, 0.1) is 0 Å². The molecule has 88 valence electrons. The molecule has 1 atom stereocenters. The molecule has 0 aromatic rings. The molecule has 0 aromatic heterocycles. The van der Waals surface area contributed by atoms with Gasteiger partial charge in [-0.25, -0.2) is 0 Å². The molecule has 1 aliphatic carbocycles. The Bertz CT molecular complexity index is 215. The highest BCUT2D eigenvalue weighted by atomic mass is 15.2. The van der Waals surface area contributed by atoms with E-state index in [1.54, 1.807) is 0 Å². The summed E-state index contributed by atoms with van der Waals surface area (Å²) < 4.78 is 0. The molecular formula is C13H26N2. The normalized spacial score (nSPS) is 21.9. The van der Waals surface area contributed by atoms with E-state index in [1.807, 2.05) is 0 Å². The standard InChI is InChI=1S/C13H26N2/c1-6-14-12(11(2)3)13(15(4)5)9-7-8-10-13/h12,14H,2,6-10H2,1,3-5H3. The van der Waals surface area contributed by atoms with Crippen LogP contribution in [0.3, 0.4) is 0 Å². The van der Waals surface area contributed by atoms with Crippen molar-refractivity contribution in [3.8, 4) is 0 Å². The van der Waals surface area contributed by atoms with Crippen LogP contribution >= 0.6 is 0 Å². The van der Waals surface area contributed by atoms with Crippen LogP contribution < -0.4 is 5.32 Å². The first kappa shape index (κ1) is 12.7. The number of hydrogen-bond donors (Lipinski definition) is 1. The molecule has 0 heterocycles. The van der Waals surface area contributed by atoms with Gasteiger partial charge in [0, 0.05) is 11.6 Å². The summed E-state index contributed by atoms with van der Waals surface area (Å²) in [7, 11) is 4.41. The second kappa shape index (κ2) is 5.13. The van der Waals surface area contributed by atoms with E-state index in [4.69, 9.17) is 0 Å². The van der Waals surface area contributed by atoms with Gasteiger partial charge in [-0.05, 0) is 40.4 Å². The zero-order valence-corrected chi connectivity index (χ0v) is 10.8. The maximum absolute atomic E-state index is 4.16. The minimum atomic E-state index is 0.307. The molecule has 0 amide bonds. The van der Waals surface area contributed by atoms with Crippen molar-refractivity contribution in [1.82, 2.24) is 10.2 Å². The van der Waals surface area contributed by atoms with Crippen LogP contribution in [0.1, 0.15) is 39.5 Å². The van der Waals surface area contributed by atoms with Gasteiger partial charge in [0.2, 0.25) is 0 Å². The van der Waals surface area contributed by atoms with Gasteiger partial charge in [-0.1, -0.05) is 31.9 Å². The Kier molecular flexibility index (Phi) is 4.35. The van der Waals surface area contributed by atoms with Gasteiger partial charge >= 0.3 is 0 Å². The van der Waals surface area contributed by atoms with E-state index >= 15 is 0 Å². The third-order valence-corrected chi connectivity index (χ3v) is 3.80. The first-order valence-corrected chi connectivity index (χ1v) is 6.11. The van der Waals surface area contributed by atoms with Crippen LogP contribution in [0.5, 0.6) is 0 Å². The Labute approximate surface area is 94.7 Å². The fraction of sp³-hybridized carbons (Fsp3) is 0.846. The molecule has 1 unspecified atom stereocenters. The molecule has 0 aromatic carbocycles. The van der Waals surface area contributed by atoms with E-state index in [2.05, 4.69) is 44.7 Å². The topological polar surface area (TPSA) is 15.3 Å². The van der Waals surface area contributed by atoms with Gasteiger partial charge in [-0.2, -0.15) is 0 Å². The first-order chi connectivity index (χ1) is 7.04. The molecule has 0 bridgehead atoms.